The van der Waals surface area contributed by atoms with E-state index in [0.717, 1.165) is 0 Å². The molecule has 0 saturated carbocycles. The summed E-state index contributed by atoms with van der Waals surface area (Å²) >= 11 is 25.2. The lowest BCUT2D eigenvalue weighted by Gasteiger charge is -2.14. The van der Waals surface area contributed by atoms with Gasteiger partial charge in [-0.2, -0.15) is 0 Å². The molecular formula is C20H17Cl4N5O2S. The van der Waals surface area contributed by atoms with Gasteiger partial charge in [-0.25, -0.2) is 0 Å². The average molecular weight is 533 g/mol. The first-order valence-corrected chi connectivity index (χ1v) is 11.7. The van der Waals surface area contributed by atoms with Gasteiger partial charge in [0.05, 0.1) is 33.1 Å². The van der Waals surface area contributed by atoms with Crippen molar-refractivity contribution >= 4 is 75.7 Å². The van der Waals surface area contributed by atoms with Gasteiger partial charge in [-0.1, -0.05) is 58.2 Å². The van der Waals surface area contributed by atoms with Crippen LogP contribution in [0.3, 0.4) is 0 Å². The Hall–Kier alpha value is -1.97. The maximum atomic E-state index is 12.5. The molecule has 0 aliphatic rings. The summed E-state index contributed by atoms with van der Waals surface area (Å²) in [7, 11) is 1.75. The summed E-state index contributed by atoms with van der Waals surface area (Å²) in [5.74, 6) is -0.0449. The van der Waals surface area contributed by atoms with Crippen molar-refractivity contribution in [2.75, 3.05) is 11.1 Å². The Morgan fingerprint density at radius 3 is 2.44 bits per heavy atom. The minimum atomic E-state index is -0.458. The van der Waals surface area contributed by atoms with Crippen molar-refractivity contribution < 1.29 is 9.59 Å². The van der Waals surface area contributed by atoms with E-state index in [9.17, 15) is 9.59 Å². The van der Waals surface area contributed by atoms with E-state index >= 15 is 0 Å². The Labute approximate surface area is 208 Å². The Morgan fingerprint density at radius 2 is 1.72 bits per heavy atom. The molecule has 2 N–H and O–H groups in total. The molecule has 0 unspecified atom stereocenters. The van der Waals surface area contributed by atoms with E-state index in [0.29, 0.717) is 37.3 Å². The van der Waals surface area contributed by atoms with Gasteiger partial charge in [0, 0.05) is 17.1 Å². The number of anilines is 1. The van der Waals surface area contributed by atoms with Gasteiger partial charge in [0.2, 0.25) is 5.91 Å². The number of hydrogen-bond donors (Lipinski definition) is 2. The van der Waals surface area contributed by atoms with Crippen LogP contribution in [0.15, 0.2) is 41.6 Å². The first-order chi connectivity index (χ1) is 15.2. The number of halogens is 4. The van der Waals surface area contributed by atoms with Gasteiger partial charge in [0.15, 0.2) is 11.0 Å². The molecule has 0 bridgehead atoms. The van der Waals surface area contributed by atoms with Crippen molar-refractivity contribution in [1.82, 2.24) is 20.1 Å². The summed E-state index contributed by atoms with van der Waals surface area (Å²) in [5, 5.41) is 15.8. The zero-order valence-electron chi connectivity index (χ0n) is 16.8. The van der Waals surface area contributed by atoms with E-state index < -0.39 is 6.04 Å². The largest absolute Gasteiger partial charge is 0.342 e. The second-order valence-corrected chi connectivity index (χ2v) is 9.31. The molecule has 2 aromatic carbocycles. The molecule has 0 fully saturated rings. The van der Waals surface area contributed by atoms with Crippen LogP contribution in [-0.2, 0) is 11.8 Å². The molecule has 168 valence electrons. The van der Waals surface area contributed by atoms with Gasteiger partial charge in [-0.05, 0) is 43.3 Å². The molecule has 1 aromatic heterocycles. The molecule has 0 saturated heterocycles. The average Bonchev–Trinajstić information content (AvgIpc) is 3.09. The van der Waals surface area contributed by atoms with Crippen molar-refractivity contribution in [3.05, 3.63) is 67.9 Å². The van der Waals surface area contributed by atoms with Gasteiger partial charge in [0.1, 0.15) is 0 Å². The van der Waals surface area contributed by atoms with Crippen LogP contribution in [0.1, 0.15) is 29.1 Å². The first-order valence-electron chi connectivity index (χ1n) is 9.18. The number of amides is 2. The standard InChI is InChI=1S/C20H17Cl4N5O2S/c1-10(25-19(31)13-5-3-11(21)7-15(13)24)18-27-28-20(29(18)2)32-9-17(30)26-16-8-12(22)4-6-14(16)23/h3-8,10H,9H2,1-2H3,(H,25,31)(H,26,30)/t10-/m0/s1. The highest BCUT2D eigenvalue weighted by Gasteiger charge is 2.20. The van der Waals surface area contributed by atoms with Crippen molar-refractivity contribution in [1.29, 1.82) is 0 Å². The summed E-state index contributed by atoms with van der Waals surface area (Å²) in [4.78, 5) is 24.8. The topological polar surface area (TPSA) is 88.9 Å². The number of thioether (sulfide) groups is 1. The number of benzene rings is 2. The first kappa shape index (κ1) is 24.7. The summed E-state index contributed by atoms with van der Waals surface area (Å²) in [5.41, 5.74) is 0.733. The van der Waals surface area contributed by atoms with Crippen LogP contribution in [-0.4, -0.2) is 32.3 Å². The highest BCUT2D eigenvalue weighted by Crippen LogP contribution is 2.26. The van der Waals surface area contributed by atoms with Gasteiger partial charge in [0.25, 0.3) is 5.91 Å². The van der Waals surface area contributed by atoms with E-state index in [1.165, 1.54) is 17.8 Å². The Morgan fingerprint density at radius 1 is 1.03 bits per heavy atom. The molecule has 2 amide bonds. The number of nitrogens with one attached hydrogen (secondary N) is 2. The molecule has 1 heterocycles. The fourth-order valence-corrected chi connectivity index (χ4v) is 4.30. The van der Waals surface area contributed by atoms with Crippen LogP contribution >= 0.6 is 58.2 Å². The van der Waals surface area contributed by atoms with Gasteiger partial charge < -0.3 is 15.2 Å². The normalized spacial score (nSPS) is 11.8. The monoisotopic (exact) mass is 531 g/mol. The lowest BCUT2D eigenvalue weighted by atomic mass is 10.2. The van der Waals surface area contributed by atoms with E-state index in [-0.39, 0.29) is 22.6 Å². The fraction of sp³-hybridized carbons (Fsp3) is 0.200. The second-order valence-electron chi connectivity index (χ2n) is 6.68. The summed E-state index contributed by atoms with van der Waals surface area (Å²) < 4.78 is 1.71. The third-order valence-electron chi connectivity index (χ3n) is 4.31. The maximum absolute atomic E-state index is 12.5. The van der Waals surface area contributed by atoms with Crippen molar-refractivity contribution in [2.45, 2.75) is 18.1 Å². The fourth-order valence-electron chi connectivity index (χ4n) is 2.75. The van der Waals surface area contributed by atoms with Crippen LogP contribution in [0.4, 0.5) is 5.69 Å². The lowest BCUT2D eigenvalue weighted by molar-refractivity contribution is -0.113. The quantitative estimate of drug-likeness (QED) is 0.384. The third kappa shape index (κ3) is 6.08. The number of rotatable bonds is 7. The van der Waals surface area contributed by atoms with Crippen molar-refractivity contribution in [3.8, 4) is 0 Å². The number of nitrogens with zero attached hydrogens (tertiary/aromatic N) is 3. The summed E-state index contributed by atoms with van der Waals surface area (Å²) in [6.07, 6.45) is 0. The Bertz CT molecular complexity index is 1170. The predicted octanol–water partition coefficient (Wildman–Crippen LogP) is 5.65. The maximum Gasteiger partial charge on any atom is 0.253 e. The van der Waals surface area contributed by atoms with E-state index in [2.05, 4.69) is 20.8 Å². The van der Waals surface area contributed by atoms with Crippen LogP contribution in [0, 0.1) is 0 Å². The minimum Gasteiger partial charge on any atom is -0.342 e. The number of carbonyl (C=O) groups excluding carboxylic acids is 2. The summed E-state index contributed by atoms with van der Waals surface area (Å²) in [6, 6.07) is 9.00. The number of aromatic nitrogens is 3. The van der Waals surface area contributed by atoms with Crippen LogP contribution in [0.5, 0.6) is 0 Å². The zero-order valence-corrected chi connectivity index (χ0v) is 20.7. The highest BCUT2D eigenvalue weighted by molar-refractivity contribution is 7.99. The molecule has 0 spiro atoms. The van der Waals surface area contributed by atoms with Crippen molar-refractivity contribution in [3.63, 3.8) is 0 Å². The molecular weight excluding hydrogens is 516 g/mol. The van der Waals surface area contributed by atoms with Gasteiger partial charge in [-0.15, -0.1) is 10.2 Å². The predicted molar refractivity (Wildman–Crippen MR) is 129 cm³/mol. The van der Waals surface area contributed by atoms with Gasteiger partial charge in [-0.3, -0.25) is 9.59 Å². The number of carbonyl (C=O) groups is 2. The molecule has 3 rings (SSSR count). The zero-order chi connectivity index (χ0) is 23.4. The molecule has 32 heavy (non-hydrogen) atoms. The van der Waals surface area contributed by atoms with Crippen LogP contribution in [0.2, 0.25) is 20.1 Å². The molecule has 0 aliphatic heterocycles. The van der Waals surface area contributed by atoms with Crippen molar-refractivity contribution in [2.24, 2.45) is 7.05 Å². The molecule has 3 aromatic rings. The second kappa shape index (κ2) is 10.8. The van der Waals surface area contributed by atoms with E-state index in [1.54, 1.807) is 48.9 Å². The molecule has 0 radical (unpaired) electrons. The molecule has 1 atom stereocenters. The minimum absolute atomic E-state index is 0.0793. The van der Waals surface area contributed by atoms with Gasteiger partial charge >= 0.3 is 0 Å². The number of hydrogen-bond acceptors (Lipinski definition) is 5. The SMILES string of the molecule is C[C@H](NC(=O)c1ccc(Cl)cc1Cl)c1nnc(SCC(=O)Nc2cc(Cl)ccc2Cl)n1C. The third-order valence-corrected chi connectivity index (χ3v) is 6.45. The Balaban J connectivity index is 1.61. The van der Waals surface area contributed by atoms with E-state index in [4.69, 9.17) is 46.4 Å². The summed E-state index contributed by atoms with van der Waals surface area (Å²) in [6.45, 7) is 1.77. The Kier molecular flexibility index (Phi) is 8.30. The smallest absolute Gasteiger partial charge is 0.253 e. The molecule has 0 aliphatic carbocycles. The molecule has 12 heteroatoms. The van der Waals surface area contributed by atoms with E-state index in [1.807, 2.05) is 0 Å². The molecule has 7 nitrogen and oxygen atoms in total. The lowest BCUT2D eigenvalue weighted by Crippen LogP contribution is -2.28. The highest BCUT2D eigenvalue weighted by atomic mass is 35.5. The van der Waals surface area contributed by atoms with Crippen LogP contribution in [0.25, 0.3) is 0 Å². The van der Waals surface area contributed by atoms with Crippen LogP contribution < -0.4 is 10.6 Å².